The number of aryl methyl sites for hydroxylation is 3. The molecule has 1 aliphatic rings. The summed E-state index contributed by atoms with van der Waals surface area (Å²) in [6, 6.07) is 0. The lowest BCUT2D eigenvalue weighted by atomic mass is 10.2. The fourth-order valence-electron chi connectivity index (χ4n) is 3.64. The van der Waals surface area contributed by atoms with Crippen LogP contribution in [0.1, 0.15) is 69.0 Å². The van der Waals surface area contributed by atoms with Crippen molar-refractivity contribution < 1.29 is 4.55 Å². The third kappa shape index (κ3) is 5.17. The van der Waals surface area contributed by atoms with Crippen molar-refractivity contribution in [3.63, 3.8) is 0 Å². The number of fused-ring (bicyclic) bond motifs is 1. The van der Waals surface area contributed by atoms with Crippen molar-refractivity contribution in [2.75, 3.05) is 17.2 Å². The molecule has 2 N–H and O–H groups in total. The van der Waals surface area contributed by atoms with Gasteiger partial charge in [-0.1, -0.05) is 24.5 Å². The molecule has 1 saturated carbocycles. The van der Waals surface area contributed by atoms with E-state index >= 15 is 0 Å². The van der Waals surface area contributed by atoms with Crippen LogP contribution in [0.4, 0.5) is 5.82 Å². The monoisotopic (exact) mass is 390 g/mol. The summed E-state index contributed by atoms with van der Waals surface area (Å²) in [6.07, 6.45) is 9.13. The smallest absolute Gasteiger partial charge is 0.151 e. The molecule has 6 heteroatoms. The summed E-state index contributed by atoms with van der Waals surface area (Å²) >= 11 is -0.640. The average molecular weight is 391 g/mol. The van der Waals surface area contributed by atoms with E-state index in [-0.39, 0.29) is 0 Å². The van der Waals surface area contributed by atoms with E-state index in [1.165, 1.54) is 29.7 Å². The SMILES string of the molecule is CCCC[S+]([O-])CCCCCn1c(CC2CC2)nc2c(N)nc(C)c(C)c21. The van der Waals surface area contributed by atoms with Gasteiger partial charge in [0, 0.05) is 18.7 Å². The normalized spacial score (nSPS) is 15.6. The minimum absolute atomic E-state index is 0.551. The van der Waals surface area contributed by atoms with E-state index in [0.29, 0.717) is 5.82 Å². The Bertz CT molecular complexity index is 769. The lowest BCUT2D eigenvalue weighted by Crippen LogP contribution is -2.11. The molecule has 3 rings (SSSR count). The standard InChI is InChI=1S/C21H34N4OS/c1-4-5-12-27(26)13-8-6-7-11-25-18(14-17-9-10-17)24-19-20(25)15(2)16(3)23-21(19)22/h17H,4-14H2,1-3H3,(H2,22,23). The summed E-state index contributed by atoms with van der Waals surface area (Å²) in [5.41, 5.74) is 10.4. The van der Waals surface area contributed by atoms with Gasteiger partial charge in [-0.3, -0.25) is 0 Å². The van der Waals surface area contributed by atoms with Crippen molar-refractivity contribution >= 4 is 28.0 Å². The quantitative estimate of drug-likeness (QED) is 0.458. The number of nitrogens with zero attached hydrogens (tertiary/aromatic N) is 3. The molecule has 2 heterocycles. The second kappa shape index (κ2) is 9.28. The van der Waals surface area contributed by atoms with Gasteiger partial charge in [0.05, 0.1) is 5.52 Å². The van der Waals surface area contributed by atoms with Gasteiger partial charge in [-0.2, -0.15) is 0 Å². The number of hydrogen-bond donors (Lipinski definition) is 1. The highest BCUT2D eigenvalue weighted by Crippen LogP contribution is 2.34. The van der Waals surface area contributed by atoms with E-state index in [1.54, 1.807) is 0 Å². The zero-order chi connectivity index (χ0) is 19.4. The van der Waals surface area contributed by atoms with Crippen LogP contribution >= 0.6 is 0 Å². The van der Waals surface area contributed by atoms with E-state index in [2.05, 4.69) is 23.4 Å². The van der Waals surface area contributed by atoms with Crippen molar-refractivity contribution in [1.82, 2.24) is 14.5 Å². The number of hydrogen-bond acceptors (Lipinski definition) is 4. The van der Waals surface area contributed by atoms with Gasteiger partial charge in [-0.15, -0.1) is 0 Å². The van der Waals surface area contributed by atoms with Crippen molar-refractivity contribution in [3.8, 4) is 0 Å². The number of unbranched alkanes of at least 4 members (excludes halogenated alkanes) is 3. The molecule has 1 atom stereocenters. The summed E-state index contributed by atoms with van der Waals surface area (Å²) in [5, 5.41) is 0. The molecular formula is C21H34N4OS. The maximum atomic E-state index is 11.9. The number of aromatic nitrogens is 3. The molecule has 0 radical (unpaired) electrons. The number of anilines is 1. The van der Waals surface area contributed by atoms with Crippen LogP contribution in [0.5, 0.6) is 0 Å². The first-order valence-electron chi connectivity index (χ1n) is 10.5. The van der Waals surface area contributed by atoms with Crippen LogP contribution < -0.4 is 5.73 Å². The summed E-state index contributed by atoms with van der Waals surface area (Å²) in [6.45, 7) is 7.26. The van der Waals surface area contributed by atoms with Gasteiger partial charge < -0.3 is 14.9 Å². The molecule has 0 amide bonds. The molecular weight excluding hydrogens is 356 g/mol. The molecule has 0 spiro atoms. The minimum atomic E-state index is -0.640. The lowest BCUT2D eigenvalue weighted by molar-refractivity contribution is 0.567. The molecule has 1 unspecified atom stereocenters. The van der Waals surface area contributed by atoms with E-state index < -0.39 is 11.2 Å². The second-order valence-corrected chi connectivity index (χ2v) is 9.69. The van der Waals surface area contributed by atoms with Crippen LogP contribution in [-0.4, -0.2) is 30.6 Å². The highest BCUT2D eigenvalue weighted by Gasteiger charge is 2.26. The van der Waals surface area contributed by atoms with Crippen LogP contribution in [-0.2, 0) is 24.1 Å². The predicted molar refractivity (Wildman–Crippen MR) is 114 cm³/mol. The van der Waals surface area contributed by atoms with Gasteiger partial charge in [-0.05, 0) is 63.9 Å². The molecule has 5 nitrogen and oxygen atoms in total. The average Bonchev–Trinajstić information content (AvgIpc) is 3.38. The molecule has 1 fully saturated rings. The lowest BCUT2D eigenvalue weighted by Gasteiger charge is -2.13. The van der Waals surface area contributed by atoms with Gasteiger partial charge in [0.2, 0.25) is 0 Å². The maximum absolute atomic E-state index is 11.9. The summed E-state index contributed by atoms with van der Waals surface area (Å²) < 4.78 is 14.3. The molecule has 0 bridgehead atoms. The number of pyridine rings is 1. The van der Waals surface area contributed by atoms with E-state index in [1.807, 2.05) is 6.92 Å². The predicted octanol–water partition coefficient (Wildman–Crippen LogP) is 4.30. The van der Waals surface area contributed by atoms with Gasteiger partial charge in [-0.25, -0.2) is 9.97 Å². The highest BCUT2D eigenvalue weighted by atomic mass is 32.2. The Kier molecular flexibility index (Phi) is 7.04. The molecule has 2 aromatic rings. The van der Waals surface area contributed by atoms with Gasteiger partial charge in [0.1, 0.15) is 22.8 Å². The molecule has 1 aliphatic carbocycles. The molecule has 2 aromatic heterocycles. The van der Waals surface area contributed by atoms with Crippen LogP contribution in [0.25, 0.3) is 11.0 Å². The van der Waals surface area contributed by atoms with E-state index in [0.717, 1.165) is 73.7 Å². The molecule has 0 aliphatic heterocycles. The second-order valence-electron chi connectivity index (χ2n) is 7.99. The largest absolute Gasteiger partial charge is 0.616 e. The molecule has 150 valence electrons. The summed E-state index contributed by atoms with van der Waals surface area (Å²) in [7, 11) is 0. The third-order valence-electron chi connectivity index (χ3n) is 5.62. The Morgan fingerprint density at radius 3 is 2.56 bits per heavy atom. The fourth-order valence-corrected chi connectivity index (χ4v) is 4.98. The number of rotatable bonds is 11. The molecule has 27 heavy (non-hydrogen) atoms. The van der Waals surface area contributed by atoms with E-state index in [9.17, 15) is 4.55 Å². The van der Waals surface area contributed by atoms with E-state index in [4.69, 9.17) is 10.7 Å². The van der Waals surface area contributed by atoms with Crippen LogP contribution in [0.15, 0.2) is 0 Å². The van der Waals surface area contributed by atoms with Crippen molar-refractivity contribution in [1.29, 1.82) is 0 Å². The number of nitrogens with two attached hydrogens (primary N) is 1. The summed E-state index contributed by atoms with van der Waals surface area (Å²) in [5.74, 6) is 4.21. The first kappa shape index (κ1) is 20.5. The van der Waals surface area contributed by atoms with Crippen LogP contribution in [0.2, 0.25) is 0 Å². The Labute approximate surface area is 166 Å². The maximum Gasteiger partial charge on any atom is 0.151 e. The Hall–Kier alpha value is -1.27. The van der Waals surface area contributed by atoms with Crippen LogP contribution in [0, 0.1) is 19.8 Å². The highest BCUT2D eigenvalue weighted by molar-refractivity contribution is 7.91. The Morgan fingerprint density at radius 2 is 1.85 bits per heavy atom. The van der Waals surface area contributed by atoms with Crippen LogP contribution in [0.3, 0.4) is 0 Å². The number of nitrogen functional groups attached to an aromatic ring is 1. The van der Waals surface area contributed by atoms with Crippen molar-refractivity contribution in [2.24, 2.45) is 5.92 Å². The van der Waals surface area contributed by atoms with Gasteiger partial charge in [0.25, 0.3) is 0 Å². The minimum Gasteiger partial charge on any atom is -0.616 e. The number of imidazole rings is 1. The first-order valence-corrected chi connectivity index (χ1v) is 12.0. The Balaban J connectivity index is 1.67. The Morgan fingerprint density at radius 1 is 1.11 bits per heavy atom. The zero-order valence-electron chi connectivity index (χ0n) is 17.1. The van der Waals surface area contributed by atoms with Crippen molar-refractivity contribution in [3.05, 3.63) is 17.1 Å². The third-order valence-corrected chi connectivity index (χ3v) is 7.11. The summed E-state index contributed by atoms with van der Waals surface area (Å²) in [4.78, 5) is 9.35. The molecule has 0 saturated heterocycles. The van der Waals surface area contributed by atoms with Gasteiger partial charge >= 0.3 is 0 Å². The van der Waals surface area contributed by atoms with Crippen molar-refractivity contribution in [2.45, 2.75) is 78.7 Å². The fraction of sp³-hybridized carbons (Fsp3) is 0.714. The first-order chi connectivity index (χ1) is 13.0. The molecule has 0 aromatic carbocycles. The zero-order valence-corrected chi connectivity index (χ0v) is 17.9. The van der Waals surface area contributed by atoms with Gasteiger partial charge in [0.15, 0.2) is 5.82 Å². The topological polar surface area (TPSA) is 79.8 Å².